The number of aldehydes is 1. The van der Waals surface area contributed by atoms with Gasteiger partial charge in [0.05, 0.1) is 5.56 Å². The number of phenolic OH excluding ortho intramolecular Hbond substituents is 2. The molecule has 0 unspecified atom stereocenters. The summed E-state index contributed by atoms with van der Waals surface area (Å²) in [6.45, 7) is 6.21. The molecule has 2 N–H and O–H groups in total. The predicted molar refractivity (Wildman–Crippen MR) is 81.3 cm³/mol. The maximum Gasteiger partial charge on any atom is 0.153 e. The average Bonchev–Trinajstić information content (AvgIpc) is 2.37. The first kappa shape index (κ1) is 16.0. The molecule has 0 aromatic heterocycles. The van der Waals surface area contributed by atoms with Crippen molar-refractivity contribution >= 4 is 6.29 Å². The summed E-state index contributed by atoms with van der Waals surface area (Å²) < 4.78 is 0. The molecular formula is C17H22O3. The molecule has 0 atom stereocenters. The second kappa shape index (κ2) is 7.53. The van der Waals surface area contributed by atoms with Crippen LogP contribution < -0.4 is 0 Å². The van der Waals surface area contributed by atoms with Crippen LogP contribution in [0.3, 0.4) is 0 Å². The lowest BCUT2D eigenvalue weighted by molar-refractivity contribution is 0.112. The van der Waals surface area contributed by atoms with E-state index in [0.29, 0.717) is 18.3 Å². The van der Waals surface area contributed by atoms with E-state index >= 15 is 0 Å². The van der Waals surface area contributed by atoms with Gasteiger partial charge in [-0.15, -0.1) is 0 Å². The summed E-state index contributed by atoms with van der Waals surface area (Å²) in [5.74, 6) is -0.174. The largest absolute Gasteiger partial charge is 0.508 e. The molecule has 1 aromatic rings. The topological polar surface area (TPSA) is 57.5 Å². The molecule has 0 bridgehead atoms. The van der Waals surface area contributed by atoms with Crippen molar-refractivity contribution in [3.05, 3.63) is 46.6 Å². The lowest BCUT2D eigenvalue weighted by atomic mass is 10.0. The summed E-state index contributed by atoms with van der Waals surface area (Å²) in [6.07, 6.45) is 7.35. The third-order valence-electron chi connectivity index (χ3n) is 3.12. The zero-order chi connectivity index (χ0) is 15.1. The van der Waals surface area contributed by atoms with Crippen molar-refractivity contribution in [2.75, 3.05) is 0 Å². The predicted octanol–water partition coefficient (Wildman–Crippen LogP) is 4.15. The number of rotatable bonds is 6. The molecule has 0 radical (unpaired) electrons. The van der Waals surface area contributed by atoms with E-state index < -0.39 is 0 Å². The highest BCUT2D eigenvalue weighted by molar-refractivity contribution is 5.80. The molecule has 3 heteroatoms. The Morgan fingerprint density at radius 3 is 2.40 bits per heavy atom. The number of carbonyl (C=O) groups excluding carboxylic acids is 1. The molecule has 0 heterocycles. The number of aromatic hydroxyl groups is 2. The third-order valence-corrected chi connectivity index (χ3v) is 3.12. The molecule has 0 fully saturated rings. The molecule has 0 amide bonds. The fraction of sp³-hybridized carbons (Fsp3) is 0.353. The Morgan fingerprint density at radius 1 is 1.10 bits per heavy atom. The van der Waals surface area contributed by atoms with Crippen molar-refractivity contribution in [2.24, 2.45) is 0 Å². The monoisotopic (exact) mass is 274 g/mol. The molecule has 1 aromatic carbocycles. The number of benzene rings is 1. The Morgan fingerprint density at radius 2 is 1.80 bits per heavy atom. The zero-order valence-electron chi connectivity index (χ0n) is 12.3. The highest BCUT2D eigenvalue weighted by atomic mass is 16.3. The van der Waals surface area contributed by atoms with Crippen LogP contribution in [0.5, 0.6) is 11.5 Å². The first-order chi connectivity index (χ1) is 9.43. The highest BCUT2D eigenvalue weighted by Gasteiger charge is 2.07. The molecule has 20 heavy (non-hydrogen) atoms. The first-order valence-corrected chi connectivity index (χ1v) is 6.73. The van der Waals surface area contributed by atoms with Crippen LogP contribution in [0.4, 0.5) is 0 Å². The Hall–Kier alpha value is -2.03. The van der Waals surface area contributed by atoms with Crippen molar-refractivity contribution in [3.8, 4) is 11.5 Å². The van der Waals surface area contributed by atoms with Gasteiger partial charge in [-0.05, 0) is 51.7 Å². The summed E-state index contributed by atoms with van der Waals surface area (Å²) in [5.41, 5.74) is 3.40. The normalized spacial score (nSPS) is 11.2. The van der Waals surface area contributed by atoms with Gasteiger partial charge in [0.25, 0.3) is 0 Å². The van der Waals surface area contributed by atoms with Gasteiger partial charge in [0.15, 0.2) is 6.29 Å². The molecule has 0 aliphatic heterocycles. The van der Waals surface area contributed by atoms with Gasteiger partial charge in [0.1, 0.15) is 11.5 Å². The van der Waals surface area contributed by atoms with Gasteiger partial charge in [-0.25, -0.2) is 0 Å². The van der Waals surface area contributed by atoms with E-state index in [1.807, 2.05) is 6.08 Å². The van der Waals surface area contributed by atoms with Gasteiger partial charge in [-0.3, -0.25) is 4.79 Å². The number of carbonyl (C=O) groups is 1. The van der Waals surface area contributed by atoms with Crippen LogP contribution >= 0.6 is 0 Å². The van der Waals surface area contributed by atoms with Gasteiger partial charge in [-0.1, -0.05) is 23.3 Å². The van der Waals surface area contributed by atoms with Crippen LogP contribution in [0.1, 0.15) is 49.5 Å². The molecule has 0 spiro atoms. The van der Waals surface area contributed by atoms with Crippen LogP contribution in [-0.2, 0) is 6.42 Å². The van der Waals surface area contributed by atoms with E-state index in [-0.39, 0.29) is 17.1 Å². The summed E-state index contributed by atoms with van der Waals surface area (Å²) in [5, 5.41) is 19.2. The maximum absolute atomic E-state index is 10.8. The minimum Gasteiger partial charge on any atom is -0.508 e. The molecule has 3 nitrogen and oxygen atoms in total. The second-order valence-corrected chi connectivity index (χ2v) is 5.23. The zero-order valence-corrected chi connectivity index (χ0v) is 12.3. The Bertz CT molecular complexity index is 535. The number of allylic oxidation sites excluding steroid dienone is 4. The molecule has 0 saturated carbocycles. The van der Waals surface area contributed by atoms with Gasteiger partial charge in [0.2, 0.25) is 0 Å². The van der Waals surface area contributed by atoms with Gasteiger partial charge in [0, 0.05) is 6.07 Å². The van der Waals surface area contributed by atoms with Crippen LogP contribution in [0.2, 0.25) is 0 Å². The van der Waals surface area contributed by atoms with Gasteiger partial charge < -0.3 is 10.2 Å². The van der Waals surface area contributed by atoms with E-state index in [2.05, 4.69) is 26.8 Å². The van der Waals surface area contributed by atoms with Crippen LogP contribution in [-0.4, -0.2) is 16.5 Å². The summed E-state index contributed by atoms with van der Waals surface area (Å²) >= 11 is 0. The fourth-order valence-electron chi connectivity index (χ4n) is 1.87. The average molecular weight is 274 g/mol. The minimum atomic E-state index is -0.189. The van der Waals surface area contributed by atoms with Crippen molar-refractivity contribution in [1.82, 2.24) is 0 Å². The second-order valence-electron chi connectivity index (χ2n) is 5.23. The molecule has 108 valence electrons. The van der Waals surface area contributed by atoms with Crippen molar-refractivity contribution in [3.63, 3.8) is 0 Å². The first-order valence-electron chi connectivity index (χ1n) is 6.73. The van der Waals surface area contributed by atoms with Crippen molar-refractivity contribution in [1.29, 1.82) is 0 Å². The summed E-state index contributed by atoms with van der Waals surface area (Å²) in [6, 6.07) is 2.74. The van der Waals surface area contributed by atoms with E-state index in [4.69, 9.17) is 0 Å². The lowest BCUT2D eigenvalue weighted by Gasteiger charge is -2.06. The van der Waals surface area contributed by atoms with Crippen LogP contribution in [0.25, 0.3) is 0 Å². The quantitative estimate of drug-likeness (QED) is 0.605. The van der Waals surface area contributed by atoms with Crippen molar-refractivity contribution in [2.45, 2.75) is 40.0 Å². The van der Waals surface area contributed by atoms with Crippen molar-refractivity contribution < 1.29 is 15.0 Å². The SMILES string of the molecule is CC(C)=CCCC(C)=CCc1cc(C=O)c(O)cc1O. The maximum atomic E-state index is 10.8. The van der Waals surface area contributed by atoms with E-state index in [0.717, 1.165) is 12.8 Å². The van der Waals surface area contributed by atoms with Gasteiger partial charge in [-0.2, -0.15) is 0 Å². The number of hydrogen-bond donors (Lipinski definition) is 2. The van der Waals surface area contributed by atoms with Crippen LogP contribution in [0, 0.1) is 0 Å². The smallest absolute Gasteiger partial charge is 0.153 e. The van der Waals surface area contributed by atoms with Gasteiger partial charge >= 0.3 is 0 Å². The lowest BCUT2D eigenvalue weighted by Crippen LogP contribution is -1.89. The molecule has 0 aliphatic rings. The van der Waals surface area contributed by atoms with E-state index in [9.17, 15) is 15.0 Å². The Labute approximate surface area is 120 Å². The standard InChI is InChI=1S/C17H22O3/c1-12(2)5-4-6-13(3)7-8-14-9-15(11-18)17(20)10-16(14)19/h5,7,9-11,19-20H,4,6,8H2,1-3H3. The summed E-state index contributed by atoms with van der Waals surface area (Å²) in [7, 11) is 0. The third kappa shape index (κ3) is 4.92. The molecular weight excluding hydrogens is 252 g/mol. The number of phenols is 2. The summed E-state index contributed by atoms with van der Waals surface area (Å²) in [4.78, 5) is 10.8. The minimum absolute atomic E-state index is 0.0152. The number of hydrogen-bond acceptors (Lipinski definition) is 3. The molecule has 0 saturated heterocycles. The Kier molecular flexibility index (Phi) is 6.04. The van der Waals surface area contributed by atoms with Crippen LogP contribution in [0.15, 0.2) is 35.4 Å². The van der Waals surface area contributed by atoms with E-state index in [1.54, 1.807) is 0 Å². The highest BCUT2D eigenvalue weighted by Crippen LogP contribution is 2.27. The molecule has 1 rings (SSSR count). The Balaban J connectivity index is 2.73. The fourth-order valence-corrected chi connectivity index (χ4v) is 1.87. The van der Waals surface area contributed by atoms with E-state index in [1.165, 1.54) is 23.3 Å². The molecule has 0 aliphatic carbocycles.